The lowest BCUT2D eigenvalue weighted by atomic mass is 9.96. The third-order valence-corrected chi connectivity index (χ3v) is 7.22. The summed E-state index contributed by atoms with van der Waals surface area (Å²) in [5.41, 5.74) is 1.45. The maximum Gasteiger partial charge on any atom is 0.186 e. The number of benzene rings is 3. The standard InChI is InChI=1S/C33H36F4O2/c1-3-5-6-7-8-9-11-25-16-17-26(30(35)29(25)34)23-12-14-24(15-13-23)27-18-19-28(32(37)31(27)36)33-38-20-22(10-4-2)21-39-33/h4,10,12-19,22,33H,3,5-9,11,20-21H2,1-2H3. The molecule has 0 spiro atoms. The zero-order chi connectivity index (χ0) is 27.8. The highest BCUT2D eigenvalue weighted by Crippen LogP contribution is 2.34. The molecule has 1 saturated heterocycles. The molecule has 3 aromatic rings. The largest absolute Gasteiger partial charge is 0.348 e. The Balaban J connectivity index is 1.45. The summed E-state index contributed by atoms with van der Waals surface area (Å²) in [7, 11) is 0. The molecular formula is C33H36F4O2. The lowest BCUT2D eigenvalue weighted by Gasteiger charge is -2.28. The highest BCUT2D eigenvalue weighted by Gasteiger charge is 2.27. The number of ether oxygens (including phenoxy) is 2. The maximum absolute atomic E-state index is 15.1. The molecule has 0 atom stereocenters. The predicted molar refractivity (Wildman–Crippen MR) is 147 cm³/mol. The van der Waals surface area contributed by atoms with Gasteiger partial charge in [0.2, 0.25) is 0 Å². The normalized spacial score (nSPS) is 17.7. The number of aryl methyl sites for hydroxylation is 1. The molecule has 0 unspecified atom stereocenters. The maximum atomic E-state index is 15.1. The SMILES string of the molecule is CC=CC1COC(c2ccc(-c3ccc(-c4ccc(CCCCCCCC)c(F)c4F)cc3)c(F)c2F)OC1. The van der Waals surface area contributed by atoms with Gasteiger partial charge in [-0.2, -0.15) is 0 Å². The van der Waals surface area contributed by atoms with Gasteiger partial charge in [0.25, 0.3) is 0 Å². The van der Waals surface area contributed by atoms with Crippen molar-refractivity contribution in [1.29, 1.82) is 0 Å². The quantitative estimate of drug-likeness (QED) is 0.137. The number of rotatable bonds is 11. The van der Waals surface area contributed by atoms with E-state index in [0.717, 1.165) is 19.3 Å². The second-order valence-corrected chi connectivity index (χ2v) is 10.1. The van der Waals surface area contributed by atoms with Crippen LogP contribution in [0, 0.1) is 29.2 Å². The molecule has 1 aliphatic heterocycles. The summed E-state index contributed by atoms with van der Waals surface area (Å²) in [6.07, 6.45) is 9.85. The fourth-order valence-electron chi connectivity index (χ4n) is 4.98. The summed E-state index contributed by atoms with van der Waals surface area (Å²) < 4.78 is 71.0. The van der Waals surface area contributed by atoms with Crippen LogP contribution in [0.1, 0.15) is 69.8 Å². The van der Waals surface area contributed by atoms with Gasteiger partial charge in [-0.25, -0.2) is 17.6 Å². The third kappa shape index (κ3) is 6.98. The molecule has 39 heavy (non-hydrogen) atoms. The molecule has 6 heteroatoms. The lowest BCUT2D eigenvalue weighted by molar-refractivity contribution is -0.199. The van der Waals surface area contributed by atoms with E-state index in [9.17, 15) is 13.2 Å². The van der Waals surface area contributed by atoms with Gasteiger partial charge in [0.05, 0.1) is 13.2 Å². The predicted octanol–water partition coefficient (Wildman–Crippen LogP) is 9.72. The van der Waals surface area contributed by atoms with E-state index in [1.54, 1.807) is 36.4 Å². The number of hydrogen-bond acceptors (Lipinski definition) is 2. The lowest BCUT2D eigenvalue weighted by Crippen LogP contribution is -2.26. The van der Waals surface area contributed by atoms with Crippen molar-refractivity contribution in [2.24, 2.45) is 5.92 Å². The summed E-state index contributed by atoms with van der Waals surface area (Å²) in [5, 5.41) is 0. The molecule has 0 aromatic heterocycles. The van der Waals surface area contributed by atoms with Crippen LogP contribution >= 0.6 is 0 Å². The molecule has 0 radical (unpaired) electrons. The molecule has 1 heterocycles. The smallest absolute Gasteiger partial charge is 0.186 e. The van der Waals surface area contributed by atoms with Crippen LogP contribution in [-0.2, 0) is 15.9 Å². The Morgan fingerprint density at radius 3 is 1.87 bits per heavy atom. The molecule has 2 nitrogen and oxygen atoms in total. The van der Waals surface area contributed by atoms with E-state index in [1.165, 1.54) is 31.4 Å². The van der Waals surface area contributed by atoms with Gasteiger partial charge < -0.3 is 9.47 Å². The van der Waals surface area contributed by atoms with Gasteiger partial charge in [-0.15, -0.1) is 0 Å². The number of allylic oxidation sites excluding steroid dienone is 1. The summed E-state index contributed by atoms with van der Waals surface area (Å²) >= 11 is 0. The minimum absolute atomic E-state index is 0.00499. The zero-order valence-electron chi connectivity index (χ0n) is 22.6. The van der Waals surface area contributed by atoms with Crippen molar-refractivity contribution in [3.8, 4) is 22.3 Å². The van der Waals surface area contributed by atoms with E-state index in [-0.39, 0.29) is 22.6 Å². The minimum Gasteiger partial charge on any atom is -0.348 e. The second kappa shape index (κ2) is 13.9. The Hall–Kier alpha value is -2.96. The van der Waals surface area contributed by atoms with Gasteiger partial charge in [0.15, 0.2) is 29.6 Å². The molecule has 0 saturated carbocycles. The van der Waals surface area contributed by atoms with Crippen LogP contribution in [0.4, 0.5) is 17.6 Å². The summed E-state index contributed by atoms with van der Waals surface area (Å²) in [6, 6.07) is 12.5. The number of unbranched alkanes of at least 4 members (excludes halogenated alkanes) is 5. The van der Waals surface area contributed by atoms with Gasteiger partial charge in [-0.05, 0) is 36.5 Å². The zero-order valence-corrected chi connectivity index (χ0v) is 22.6. The molecule has 1 fully saturated rings. The van der Waals surface area contributed by atoms with E-state index in [1.807, 2.05) is 19.1 Å². The van der Waals surface area contributed by atoms with Crippen LogP contribution in [0.3, 0.4) is 0 Å². The van der Waals surface area contributed by atoms with Crippen molar-refractivity contribution in [2.45, 2.75) is 65.1 Å². The number of halogens is 4. The molecular weight excluding hydrogens is 504 g/mol. The van der Waals surface area contributed by atoms with Crippen LogP contribution in [0.5, 0.6) is 0 Å². The van der Waals surface area contributed by atoms with Crippen molar-refractivity contribution in [1.82, 2.24) is 0 Å². The molecule has 0 bridgehead atoms. The molecule has 0 aliphatic carbocycles. The third-order valence-electron chi connectivity index (χ3n) is 7.22. The van der Waals surface area contributed by atoms with E-state index < -0.39 is 29.6 Å². The van der Waals surface area contributed by atoms with E-state index in [4.69, 9.17) is 9.47 Å². The van der Waals surface area contributed by atoms with E-state index in [0.29, 0.717) is 36.3 Å². The first-order chi connectivity index (χ1) is 18.9. The van der Waals surface area contributed by atoms with E-state index >= 15 is 4.39 Å². The van der Waals surface area contributed by atoms with Crippen LogP contribution in [0.2, 0.25) is 0 Å². The minimum atomic E-state index is -1.03. The first-order valence-corrected chi connectivity index (χ1v) is 13.9. The van der Waals surface area contributed by atoms with Crippen molar-refractivity contribution in [2.75, 3.05) is 13.2 Å². The van der Waals surface area contributed by atoms with Gasteiger partial charge >= 0.3 is 0 Å². The van der Waals surface area contributed by atoms with Crippen molar-refractivity contribution >= 4 is 0 Å². The van der Waals surface area contributed by atoms with Gasteiger partial charge in [0.1, 0.15) is 0 Å². The average Bonchev–Trinajstić information content (AvgIpc) is 2.95. The Labute approximate surface area is 228 Å². The fourth-order valence-corrected chi connectivity index (χ4v) is 4.98. The first-order valence-electron chi connectivity index (χ1n) is 13.9. The van der Waals surface area contributed by atoms with Gasteiger partial charge in [-0.1, -0.05) is 99.7 Å². The molecule has 0 N–H and O–H groups in total. The van der Waals surface area contributed by atoms with Crippen molar-refractivity contribution in [3.05, 3.63) is 95.1 Å². The molecule has 3 aromatic carbocycles. The van der Waals surface area contributed by atoms with Crippen molar-refractivity contribution < 1.29 is 27.0 Å². The van der Waals surface area contributed by atoms with Gasteiger partial charge in [-0.3, -0.25) is 0 Å². The topological polar surface area (TPSA) is 18.5 Å². The highest BCUT2D eigenvalue weighted by atomic mass is 19.2. The first kappa shape index (κ1) is 29.0. The van der Waals surface area contributed by atoms with Crippen LogP contribution in [0.15, 0.2) is 60.7 Å². The highest BCUT2D eigenvalue weighted by molar-refractivity contribution is 5.71. The Kier molecular flexibility index (Phi) is 10.4. The molecule has 208 valence electrons. The Morgan fingerprint density at radius 2 is 1.26 bits per heavy atom. The van der Waals surface area contributed by atoms with Crippen LogP contribution in [-0.4, -0.2) is 13.2 Å². The van der Waals surface area contributed by atoms with E-state index in [2.05, 4.69) is 6.92 Å². The van der Waals surface area contributed by atoms with Crippen molar-refractivity contribution in [3.63, 3.8) is 0 Å². The average molecular weight is 541 g/mol. The second-order valence-electron chi connectivity index (χ2n) is 10.1. The van der Waals surface area contributed by atoms with Gasteiger partial charge in [0, 0.05) is 22.6 Å². The Bertz CT molecular complexity index is 1260. The summed E-state index contributed by atoms with van der Waals surface area (Å²) in [6.45, 7) is 4.77. The fraction of sp³-hybridized carbons (Fsp3) is 0.394. The monoisotopic (exact) mass is 540 g/mol. The Morgan fingerprint density at radius 1 is 0.692 bits per heavy atom. The molecule has 4 rings (SSSR count). The van der Waals surface area contributed by atoms with Crippen LogP contribution < -0.4 is 0 Å². The summed E-state index contributed by atoms with van der Waals surface area (Å²) in [5.74, 6) is -3.68. The molecule has 0 amide bonds. The summed E-state index contributed by atoms with van der Waals surface area (Å²) in [4.78, 5) is 0. The number of hydrogen-bond donors (Lipinski definition) is 0. The molecule has 1 aliphatic rings. The van der Waals surface area contributed by atoms with Crippen LogP contribution in [0.25, 0.3) is 22.3 Å².